The molecule has 0 aromatic heterocycles. The fraction of sp³-hybridized carbons (Fsp3) is 0.964. The molecular weight excluding hydrogens is 387 g/mol. The van der Waals surface area contributed by atoms with Crippen LogP contribution in [0.15, 0.2) is 0 Å². The van der Waals surface area contributed by atoms with Crippen LogP contribution >= 0.6 is 0 Å². The van der Waals surface area contributed by atoms with Gasteiger partial charge in [0.1, 0.15) is 6.17 Å². The van der Waals surface area contributed by atoms with Gasteiger partial charge >= 0.3 is 5.97 Å². The zero-order chi connectivity index (χ0) is 22.8. The zero-order valence-corrected chi connectivity index (χ0v) is 21.2. The summed E-state index contributed by atoms with van der Waals surface area (Å²) in [4.78, 5) is 11.7. The molecule has 0 aliphatic rings. The van der Waals surface area contributed by atoms with Gasteiger partial charge in [0.05, 0.1) is 6.61 Å². The smallest absolute Gasteiger partial charge is 0.305 e. The minimum Gasteiger partial charge on any atom is -0.466 e. The Labute approximate surface area is 194 Å². The summed E-state index contributed by atoms with van der Waals surface area (Å²) in [6.45, 7) is 4.70. The lowest BCUT2D eigenvalue weighted by Gasteiger charge is -2.09. The van der Waals surface area contributed by atoms with Gasteiger partial charge in [0.25, 0.3) is 0 Å². The molecule has 186 valence electrons. The molecule has 31 heavy (non-hydrogen) atoms. The van der Waals surface area contributed by atoms with Crippen molar-refractivity contribution in [2.45, 2.75) is 168 Å². The number of carbonyl (C=O) groups excluding carboxylic acids is 1. The van der Waals surface area contributed by atoms with Crippen LogP contribution in [0, 0.1) is 0 Å². The molecule has 0 saturated heterocycles. The standard InChI is InChI=1S/C28H55FO2/c1-3-5-7-9-10-11-12-13-14-15-16-17-18-20-22-24-28(30)31-26-25-27(29)23-21-19-8-6-4-2/h27H,3-26H2,1-2H3. The van der Waals surface area contributed by atoms with Crippen molar-refractivity contribution in [3.63, 3.8) is 0 Å². The highest BCUT2D eigenvalue weighted by molar-refractivity contribution is 5.69. The van der Waals surface area contributed by atoms with E-state index in [-0.39, 0.29) is 12.6 Å². The van der Waals surface area contributed by atoms with Crippen molar-refractivity contribution in [2.75, 3.05) is 6.61 Å². The number of hydrogen-bond acceptors (Lipinski definition) is 2. The topological polar surface area (TPSA) is 26.3 Å². The second-order valence-corrected chi connectivity index (χ2v) is 9.51. The highest BCUT2D eigenvalue weighted by Crippen LogP contribution is 2.14. The summed E-state index contributed by atoms with van der Waals surface area (Å²) >= 11 is 0. The Kier molecular flexibility index (Phi) is 25.2. The maximum atomic E-state index is 13.8. The molecule has 0 heterocycles. The number of esters is 1. The van der Waals surface area contributed by atoms with Crippen LogP contribution in [0.5, 0.6) is 0 Å². The molecule has 1 unspecified atom stereocenters. The van der Waals surface area contributed by atoms with Gasteiger partial charge in [-0.2, -0.15) is 0 Å². The van der Waals surface area contributed by atoms with Gasteiger partial charge in [-0.1, -0.05) is 136 Å². The largest absolute Gasteiger partial charge is 0.466 e. The fourth-order valence-corrected chi connectivity index (χ4v) is 4.13. The van der Waals surface area contributed by atoms with Crippen molar-refractivity contribution in [2.24, 2.45) is 0 Å². The third-order valence-corrected chi connectivity index (χ3v) is 6.30. The molecule has 0 amide bonds. The van der Waals surface area contributed by atoms with Crippen molar-refractivity contribution < 1.29 is 13.9 Å². The zero-order valence-electron chi connectivity index (χ0n) is 21.2. The van der Waals surface area contributed by atoms with E-state index < -0.39 is 6.17 Å². The van der Waals surface area contributed by atoms with Crippen LogP contribution in [0.1, 0.15) is 162 Å². The maximum Gasteiger partial charge on any atom is 0.305 e. The first-order chi connectivity index (χ1) is 15.2. The van der Waals surface area contributed by atoms with Crippen LogP contribution in [0.2, 0.25) is 0 Å². The summed E-state index contributed by atoms with van der Waals surface area (Å²) in [6.07, 6.45) is 26.2. The summed E-state index contributed by atoms with van der Waals surface area (Å²) in [5, 5.41) is 0. The first-order valence-corrected chi connectivity index (χ1v) is 14.0. The molecule has 0 saturated carbocycles. The molecule has 0 radical (unpaired) electrons. The molecule has 0 N–H and O–H groups in total. The molecule has 0 rings (SSSR count). The number of hydrogen-bond donors (Lipinski definition) is 0. The van der Waals surface area contributed by atoms with Gasteiger partial charge in [0.2, 0.25) is 0 Å². The molecule has 0 spiro atoms. The van der Waals surface area contributed by atoms with Crippen molar-refractivity contribution in [3.8, 4) is 0 Å². The summed E-state index contributed by atoms with van der Waals surface area (Å²) in [5.74, 6) is -0.148. The number of rotatable bonds is 25. The molecule has 0 aliphatic heterocycles. The Bertz CT molecular complexity index is 359. The Hall–Kier alpha value is -0.600. The number of ether oxygens (including phenoxy) is 1. The van der Waals surface area contributed by atoms with Crippen LogP contribution in [0.4, 0.5) is 4.39 Å². The van der Waals surface area contributed by atoms with E-state index in [2.05, 4.69) is 13.8 Å². The average molecular weight is 443 g/mol. The van der Waals surface area contributed by atoms with E-state index in [0.29, 0.717) is 19.3 Å². The summed E-state index contributed by atoms with van der Waals surface area (Å²) < 4.78 is 19.0. The molecule has 0 aliphatic carbocycles. The van der Waals surface area contributed by atoms with Crippen LogP contribution < -0.4 is 0 Å². The highest BCUT2D eigenvalue weighted by atomic mass is 19.1. The van der Waals surface area contributed by atoms with Gasteiger partial charge in [-0.05, 0) is 12.8 Å². The predicted octanol–water partition coefficient (Wildman–Crippen LogP) is 9.88. The molecule has 2 nitrogen and oxygen atoms in total. The van der Waals surface area contributed by atoms with Gasteiger partial charge in [0, 0.05) is 12.8 Å². The number of unbranched alkanes of at least 4 members (excludes halogenated alkanes) is 18. The van der Waals surface area contributed by atoms with E-state index in [1.807, 2.05) is 0 Å². The molecular formula is C28H55FO2. The van der Waals surface area contributed by atoms with Gasteiger partial charge < -0.3 is 4.74 Å². The van der Waals surface area contributed by atoms with Gasteiger partial charge in [-0.15, -0.1) is 0 Å². The maximum absolute atomic E-state index is 13.8. The Morgan fingerprint density at radius 3 is 1.42 bits per heavy atom. The van der Waals surface area contributed by atoms with E-state index in [1.165, 1.54) is 103 Å². The average Bonchev–Trinajstić information content (AvgIpc) is 2.76. The number of carbonyl (C=O) groups is 1. The lowest BCUT2D eigenvalue weighted by atomic mass is 10.0. The minimum atomic E-state index is -0.819. The van der Waals surface area contributed by atoms with Crippen molar-refractivity contribution in [1.82, 2.24) is 0 Å². The van der Waals surface area contributed by atoms with E-state index in [4.69, 9.17) is 4.74 Å². The fourth-order valence-electron chi connectivity index (χ4n) is 4.13. The molecule has 1 atom stereocenters. The van der Waals surface area contributed by atoms with Crippen LogP contribution in [-0.4, -0.2) is 18.7 Å². The third kappa shape index (κ3) is 25.5. The Morgan fingerprint density at radius 2 is 0.968 bits per heavy atom. The van der Waals surface area contributed by atoms with E-state index in [1.54, 1.807) is 0 Å². The summed E-state index contributed by atoms with van der Waals surface area (Å²) in [7, 11) is 0. The molecule has 3 heteroatoms. The van der Waals surface area contributed by atoms with Gasteiger partial charge in [-0.25, -0.2) is 4.39 Å². The van der Waals surface area contributed by atoms with Gasteiger partial charge in [0.15, 0.2) is 0 Å². The first kappa shape index (κ1) is 30.4. The lowest BCUT2D eigenvalue weighted by molar-refractivity contribution is -0.144. The number of alkyl halides is 1. The van der Waals surface area contributed by atoms with Crippen LogP contribution in [-0.2, 0) is 9.53 Å². The van der Waals surface area contributed by atoms with Crippen molar-refractivity contribution in [3.05, 3.63) is 0 Å². The molecule has 0 bridgehead atoms. The second-order valence-electron chi connectivity index (χ2n) is 9.51. The molecule has 0 aromatic carbocycles. The molecule has 0 aromatic rings. The monoisotopic (exact) mass is 442 g/mol. The minimum absolute atomic E-state index is 0.148. The van der Waals surface area contributed by atoms with E-state index in [9.17, 15) is 9.18 Å². The van der Waals surface area contributed by atoms with Crippen molar-refractivity contribution in [1.29, 1.82) is 0 Å². The third-order valence-electron chi connectivity index (χ3n) is 6.30. The van der Waals surface area contributed by atoms with Crippen molar-refractivity contribution >= 4 is 5.97 Å². The van der Waals surface area contributed by atoms with E-state index >= 15 is 0 Å². The quantitative estimate of drug-likeness (QED) is 0.104. The first-order valence-electron chi connectivity index (χ1n) is 14.0. The summed E-state index contributed by atoms with van der Waals surface area (Å²) in [5.41, 5.74) is 0. The van der Waals surface area contributed by atoms with Crippen LogP contribution in [0.25, 0.3) is 0 Å². The van der Waals surface area contributed by atoms with Gasteiger partial charge in [-0.3, -0.25) is 4.79 Å². The molecule has 0 fully saturated rings. The van der Waals surface area contributed by atoms with E-state index in [0.717, 1.165) is 25.7 Å². The Balaban J connectivity index is 3.24. The summed E-state index contributed by atoms with van der Waals surface area (Å²) in [6, 6.07) is 0. The highest BCUT2D eigenvalue weighted by Gasteiger charge is 2.08. The number of halogens is 1. The lowest BCUT2D eigenvalue weighted by Crippen LogP contribution is -2.10. The predicted molar refractivity (Wildman–Crippen MR) is 133 cm³/mol. The SMILES string of the molecule is CCCCCCCCCCCCCCCCCC(=O)OCCC(F)CCCCCCC. The Morgan fingerprint density at radius 1 is 0.581 bits per heavy atom. The second kappa shape index (κ2) is 25.7. The normalized spacial score (nSPS) is 12.2. The van der Waals surface area contributed by atoms with Crippen LogP contribution in [0.3, 0.4) is 0 Å².